The lowest BCUT2D eigenvalue weighted by atomic mass is 10.2. The van der Waals surface area contributed by atoms with Gasteiger partial charge in [0, 0.05) is 12.5 Å². The predicted octanol–water partition coefficient (Wildman–Crippen LogP) is 3.78. The van der Waals surface area contributed by atoms with Crippen molar-refractivity contribution in [2.45, 2.75) is 26.7 Å². The highest BCUT2D eigenvalue weighted by Gasteiger charge is 1.95. The molecule has 0 N–H and O–H groups in total. The number of esters is 2. The molecule has 1 rings (SSSR count). The monoisotopic (exact) mass is 304 g/mol. The predicted molar refractivity (Wildman–Crippen MR) is 88.2 cm³/mol. The summed E-state index contributed by atoms with van der Waals surface area (Å²) in [4.78, 5) is 21.4. The van der Waals surface area contributed by atoms with Gasteiger partial charge < -0.3 is 9.47 Å². The first-order valence-electron chi connectivity index (χ1n) is 7.30. The first-order chi connectivity index (χ1) is 10.6. The molecule has 0 aromatic heterocycles. The summed E-state index contributed by atoms with van der Waals surface area (Å²) >= 11 is 0. The van der Waals surface area contributed by atoms with Crippen LogP contribution in [-0.2, 0) is 19.1 Å². The van der Waals surface area contributed by atoms with Gasteiger partial charge in [-0.3, -0.25) is 4.79 Å². The molecule has 0 aliphatic carbocycles. The maximum absolute atomic E-state index is 11.0. The van der Waals surface area contributed by atoms with Crippen LogP contribution in [0.15, 0.2) is 49.1 Å². The van der Waals surface area contributed by atoms with E-state index in [0.717, 1.165) is 12.0 Å². The van der Waals surface area contributed by atoms with E-state index in [2.05, 4.69) is 11.3 Å². The third-order valence-electron chi connectivity index (χ3n) is 2.31. The molecule has 120 valence electrons. The highest BCUT2D eigenvalue weighted by molar-refractivity contribution is 5.87. The molecule has 0 bridgehead atoms. The molecule has 4 nitrogen and oxygen atoms in total. The van der Waals surface area contributed by atoms with Crippen molar-refractivity contribution in [2.75, 3.05) is 13.2 Å². The summed E-state index contributed by atoms with van der Waals surface area (Å²) in [5.41, 5.74) is 0.975. The first-order valence-corrected chi connectivity index (χ1v) is 7.30. The second kappa shape index (κ2) is 13.6. The normalized spacial score (nSPS) is 9.55. The SMILES string of the molecule is C=CCOC(=O)C=Cc1ccccc1.CCCC(=O)OCC. The largest absolute Gasteiger partial charge is 0.466 e. The molecule has 0 radical (unpaired) electrons. The van der Waals surface area contributed by atoms with Crippen LogP contribution < -0.4 is 0 Å². The Hall–Kier alpha value is -2.36. The van der Waals surface area contributed by atoms with Crippen molar-refractivity contribution in [3.8, 4) is 0 Å². The van der Waals surface area contributed by atoms with E-state index in [-0.39, 0.29) is 18.5 Å². The molecule has 0 fully saturated rings. The number of hydrogen-bond donors (Lipinski definition) is 0. The summed E-state index contributed by atoms with van der Waals surface area (Å²) in [6.07, 6.45) is 6.07. The van der Waals surface area contributed by atoms with Gasteiger partial charge in [-0.2, -0.15) is 0 Å². The Bertz CT molecular complexity index is 455. The van der Waals surface area contributed by atoms with Crippen LogP contribution in [0, 0.1) is 0 Å². The van der Waals surface area contributed by atoms with Gasteiger partial charge in [-0.05, 0) is 25.0 Å². The molecule has 1 aromatic carbocycles. The van der Waals surface area contributed by atoms with Crippen LogP contribution in [0.2, 0.25) is 0 Å². The van der Waals surface area contributed by atoms with Crippen LogP contribution in [0.1, 0.15) is 32.3 Å². The molecule has 0 aliphatic rings. The summed E-state index contributed by atoms with van der Waals surface area (Å²) in [7, 11) is 0. The zero-order valence-electron chi connectivity index (χ0n) is 13.3. The van der Waals surface area contributed by atoms with Crippen molar-refractivity contribution in [3.05, 3.63) is 54.6 Å². The molecule has 0 atom stereocenters. The molecule has 4 heteroatoms. The zero-order valence-corrected chi connectivity index (χ0v) is 13.3. The van der Waals surface area contributed by atoms with E-state index in [4.69, 9.17) is 4.74 Å². The lowest BCUT2D eigenvalue weighted by Crippen LogP contribution is -2.01. The highest BCUT2D eigenvalue weighted by atomic mass is 16.5. The summed E-state index contributed by atoms with van der Waals surface area (Å²) in [5, 5.41) is 0. The topological polar surface area (TPSA) is 52.6 Å². The van der Waals surface area contributed by atoms with Gasteiger partial charge in [-0.1, -0.05) is 49.9 Å². The maximum atomic E-state index is 11.0. The Labute approximate surface area is 132 Å². The molecule has 22 heavy (non-hydrogen) atoms. The lowest BCUT2D eigenvalue weighted by Gasteiger charge is -1.96. The van der Waals surface area contributed by atoms with Crippen molar-refractivity contribution in [1.82, 2.24) is 0 Å². The molecule has 0 amide bonds. The summed E-state index contributed by atoms with van der Waals surface area (Å²) in [6, 6.07) is 9.57. The Balaban J connectivity index is 0.000000472. The fourth-order valence-electron chi connectivity index (χ4n) is 1.35. The quantitative estimate of drug-likeness (QED) is 0.437. The molecule has 0 saturated heterocycles. The number of rotatable bonds is 7. The van der Waals surface area contributed by atoms with E-state index >= 15 is 0 Å². The van der Waals surface area contributed by atoms with E-state index in [0.29, 0.717) is 13.0 Å². The lowest BCUT2D eigenvalue weighted by molar-refractivity contribution is -0.143. The van der Waals surface area contributed by atoms with Gasteiger partial charge in [0.15, 0.2) is 0 Å². The van der Waals surface area contributed by atoms with E-state index in [1.807, 2.05) is 44.2 Å². The molecular weight excluding hydrogens is 280 g/mol. The van der Waals surface area contributed by atoms with Gasteiger partial charge >= 0.3 is 11.9 Å². The highest BCUT2D eigenvalue weighted by Crippen LogP contribution is 2.00. The smallest absolute Gasteiger partial charge is 0.331 e. The fourth-order valence-corrected chi connectivity index (χ4v) is 1.35. The minimum atomic E-state index is -0.353. The summed E-state index contributed by atoms with van der Waals surface area (Å²) < 4.78 is 9.41. The van der Waals surface area contributed by atoms with Crippen molar-refractivity contribution in [3.63, 3.8) is 0 Å². The zero-order chi connectivity index (χ0) is 16.6. The molecule has 0 spiro atoms. The van der Waals surface area contributed by atoms with Gasteiger partial charge in [-0.15, -0.1) is 0 Å². The average molecular weight is 304 g/mol. The average Bonchev–Trinajstić information content (AvgIpc) is 2.53. The number of hydrogen-bond acceptors (Lipinski definition) is 4. The Morgan fingerprint density at radius 1 is 1.14 bits per heavy atom. The number of carbonyl (C=O) groups is 2. The van der Waals surface area contributed by atoms with Crippen molar-refractivity contribution < 1.29 is 19.1 Å². The second-order valence-corrected chi connectivity index (χ2v) is 4.22. The molecule has 0 saturated carbocycles. The standard InChI is InChI=1S/C12H12O2.C6H12O2/c1-2-10-14-12(13)9-8-11-6-4-3-5-7-11;1-3-5-6(7)8-4-2/h2-9H,1,10H2;3-5H2,1-2H3. The third-order valence-corrected chi connectivity index (χ3v) is 2.31. The van der Waals surface area contributed by atoms with E-state index < -0.39 is 0 Å². The third kappa shape index (κ3) is 11.5. The minimum Gasteiger partial charge on any atom is -0.466 e. The summed E-state index contributed by atoms with van der Waals surface area (Å²) in [5.74, 6) is -0.441. The van der Waals surface area contributed by atoms with Crippen LogP contribution in [-0.4, -0.2) is 25.2 Å². The van der Waals surface area contributed by atoms with Crippen molar-refractivity contribution in [2.24, 2.45) is 0 Å². The van der Waals surface area contributed by atoms with Crippen molar-refractivity contribution in [1.29, 1.82) is 0 Å². The van der Waals surface area contributed by atoms with Gasteiger partial charge in [0.2, 0.25) is 0 Å². The van der Waals surface area contributed by atoms with Gasteiger partial charge in [-0.25, -0.2) is 4.79 Å². The summed E-state index contributed by atoms with van der Waals surface area (Å²) in [6.45, 7) is 7.96. The number of ether oxygens (including phenoxy) is 2. The molecule has 0 unspecified atom stereocenters. The Morgan fingerprint density at radius 3 is 2.36 bits per heavy atom. The Kier molecular flexibility index (Phi) is 12.2. The number of carbonyl (C=O) groups excluding carboxylic acids is 2. The molecular formula is C18H24O4. The van der Waals surface area contributed by atoms with E-state index in [1.54, 1.807) is 6.08 Å². The minimum absolute atomic E-state index is 0.0880. The Morgan fingerprint density at radius 2 is 1.82 bits per heavy atom. The van der Waals surface area contributed by atoms with Crippen LogP contribution in [0.4, 0.5) is 0 Å². The molecule has 0 aliphatic heterocycles. The van der Waals surface area contributed by atoms with Crippen LogP contribution in [0.5, 0.6) is 0 Å². The maximum Gasteiger partial charge on any atom is 0.331 e. The van der Waals surface area contributed by atoms with Crippen LogP contribution >= 0.6 is 0 Å². The van der Waals surface area contributed by atoms with Gasteiger partial charge in [0.1, 0.15) is 6.61 Å². The van der Waals surface area contributed by atoms with E-state index in [9.17, 15) is 9.59 Å². The van der Waals surface area contributed by atoms with Gasteiger partial charge in [0.25, 0.3) is 0 Å². The second-order valence-electron chi connectivity index (χ2n) is 4.22. The fraction of sp³-hybridized carbons (Fsp3) is 0.333. The van der Waals surface area contributed by atoms with Crippen LogP contribution in [0.25, 0.3) is 6.08 Å². The first kappa shape index (κ1) is 19.6. The van der Waals surface area contributed by atoms with E-state index in [1.165, 1.54) is 12.2 Å². The molecule has 1 aromatic rings. The van der Waals surface area contributed by atoms with Gasteiger partial charge in [0.05, 0.1) is 6.61 Å². The van der Waals surface area contributed by atoms with Crippen molar-refractivity contribution >= 4 is 18.0 Å². The number of benzene rings is 1. The van der Waals surface area contributed by atoms with Crippen LogP contribution in [0.3, 0.4) is 0 Å². The molecule has 0 heterocycles.